The molecular formula is C17H22N4O2S. The molecule has 0 aliphatic carbocycles. The minimum Gasteiger partial charge on any atom is -0.378 e. The van der Waals surface area contributed by atoms with Crippen LogP contribution in [0.5, 0.6) is 0 Å². The summed E-state index contributed by atoms with van der Waals surface area (Å²) < 4.78 is 7.46. The Bertz CT molecular complexity index is 693. The van der Waals surface area contributed by atoms with Crippen LogP contribution in [-0.2, 0) is 11.3 Å². The monoisotopic (exact) mass is 346 g/mol. The van der Waals surface area contributed by atoms with Crippen molar-refractivity contribution in [1.29, 1.82) is 0 Å². The van der Waals surface area contributed by atoms with Gasteiger partial charge in [-0.2, -0.15) is 0 Å². The number of benzene rings is 1. The molecule has 0 unspecified atom stereocenters. The first-order valence-corrected chi connectivity index (χ1v) is 9.16. The molecule has 0 bridgehead atoms. The summed E-state index contributed by atoms with van der Waals surface area (Å²) in [4.78, 5) is 14.5. The fourth-order valence-corrected chi connectivity index (χ4v) is 3.51. The zero-order valence-electron chi connectivity index (χ0n) is 14.1. The van der Waals surface area contributed by atoms with E-state index >= 15 is 0 Å². The van der Waals surface area contributed by atoms with Crippen molar-refractivity contribution < 1.29 is 9.53 Å². The highest BCUT2D eigenvalue weighted by atomic mass is 32.2. The SMILES string of the molecule is CCn1c(SCC(=O)c2ccc(C)cc2)nnc1N1CCOCC1. The number of carbonyl (C=O) groups excluding carboxylic acids is 1. The summed E-state index contributed by atoms with van der Waals surface area (Å²) in [7, 11) is 0. The largest absolute Gasteiger partial charge is 0.378 e. The van der Waals surface area contributed by atoms with Crippen LogP contribution < -0.4 is 4.90 Å². The maximum absolute atomic E-state index is 12.3. The zero-order chi connectivity index (χ0) is 16.9. The van der Waals surface area contributed by atoms with Crippen molar-refractivity contribution in [2.75, 3.05) is 37.0 Å². The van der Waals surface area contributed by atoms with E-state index in [4.69, 9.17) is 4.74 Å². The standard InChI is InChI=1S/C17H22N4O2S/c1-3-21-16(20-8-10-23-11-9-20)18-19-17(21)24-12-15(22)14-6-4-13(2)5-7-14/h4-7H,3,8-12H2,1-2H3. The Hall–Kier alpha value is -1.86. The van der Waals surface area contributed by atoms with E-state index in [1.165, 1.54) is 11.8 Å². The third-order valence-electron chi connectivity index (χ3n) is 4.01. The Kier molecular flexibility index (Phi) is 5.52. The number of ether oxygens (including phenoxy) is 1. The number of ketones is 1. The molecule has 0 N–H and O–H groups in total. The molecule has 128 valence electrons. The first-order valence-electron chi connectivity index (χ1n) is 8.17. The Morgan fingerprint density at radius 1 is 1.21 bits per heavy atom. The van der Waals surface area contributed by atoms with Crippen molar-refractivity contribution in [2.45, 2.75) is 25.5 Å². The number of aromatic nitrogens is 3. The molecule has 1 aromatic heterocycles. The lowest BCUT2D eigenvalue weighted by molar-refractivity contribution is 0.102. The fourth-order valence-electron chi connectivity index (χ4n) is 2.61. The van der Waals surface area contributed by atoms with Crippen LogP contribution in [0.1, 0.15) is 22.8 Å². The summed E-state index contributed by atoms with van der Waals surface area (Å²) in [5.74, 6) is 1.34. The maximum atomic E-state index is 12.3. The van der Waals surface area contributed by atoms with Crippen molar-refractivity contribution in [3.63, 3.8) is 0 Å². The van der Waals surface area contributed by atoms with Crippen molar-refractivity contribution in [3.8, 4) is 0 Å². The van der Waals surface area contributed by atoms with Crippen molar-refractivity contribution >= 4 is 23.5 Å². The lowest BCUT2D eigenvalue weighted by atomic mass is 10.1. The molecule has 1 aliphatic rings. The van der Waals surface area contributed by atoms with Gasteiger partial charge in [-0.05, 0) is 13.8 Å². The summed E-state index contributed by atoms with van der Waals surface area (Å²) in [5, 5.41) is 9.40. The molecule has 2 aromatic rings. The van der Waals surface area contributed by atoms with Gasteiger partial charge in [0.25, 0.3) is 0 Å². The first-order chi connectivity index (χ1) is 11.7. The molecule has 0 saturated carbocycles. The molecule has 1 aromatic carbocycles. The van der Waals surface area contributed by atoms with Crippen LogP contribution in [0.3, 0.4) is 0 Å². The molecule has 6 nitrogen and oxygen atoms in total. The number of rotatable bonds is 6. The van der Waals surface area contributed by atoms with E-state index in [-0.39, 0.29) is 5.78 Å². The molecule has 3 rings (SSSR count). The second-order valence-electron chi connectivity index (χ2n) is 5.70. The lowest BCUT2D eigenvalue weighted by Gasteiger charge is -2.27. The van der Waals surface area contributed by atoms with Gasteiger partial charge in [-0.1, -0.05) is 41.6 Å². The third kappa shape index (κ3) is 3.79. The normalized spacial score (nSPS) is 14.8. The summed E-state index contributed by atoms with van der Waals surface area (Å²) in [6.45, 7) is 7.94. The Balaban J connectivity index is 1.67. The zero-order valence-corrected chi connectivity index (χ0v) is 14.9. The van der Waals surface area contributed by atoms with Crippen LogP contribution >= 0.6 is 11.8 Å². The minimum absolute atomic E-state index is 0.110. The number of morpholine rings is 1. The molecule has 1 fully saturated rings. The number of aryl methyl sites for hydroxylation is 1. The number of Topliss-reactive ketones (excluding diaryl/α,β-unsaturated/α-hetero) is 1. The van der Waals surface area contributed by atoms with Crippen molar-refractivity contribution in [2.24, 2.45) is 0 Å². The van der Waals surface area contributed by atoms with Gasteiger partial charge in [0.15, 0.2) is 10.9 Å². The number of nitrogens with zero attached hydrogens (tertiary/aromatic N) is 4. The molecule has 2 heterocycles. The van der Waals surface area contributed by atoms with E-state index in [0.29, 0.717) is 19.0 Å². The quantitative estimate of drug-likeness (QED) is 0.591. The number of carbonyl (C=O) groups is 1. The van der Waals surface area contributed by atoms with Crippen LogP contribution in [0.4, 0.5) is 5.95 Å². The highest BCUT2D eigenvalue weighted by Gasteiger charge is 2.20. The van der Waals surface area contributed by atoms with Crippen LogP contribution in [0.2, 0.25) is 0 Å². The summed E-state index contributed by atoms with van der Waals surface area (Å²) in [6.07, 6.45) is 0. The summed E-state index contributed by atoms with van der Waals surface area (Å²) in [6, 6.07) is 7.68. The first kappa shape index (κ1) is 17.0. The minimum atomic E-state index is 0.110. The fraction of sp³-hybridized carbons (Fsp3) is 0.471. The van der Waals surface area contributed by atoms with Gasteiger partial charge in [-0.25, -0.2) is 0 Å². The van der Waals surface area contributed by atoms with Gasteiger partial charge in [0.05, 0.1) is 19.0 Å². The third-order valence-corrected chi connectivity index (χ3v) is 4.98. The van der Waals surface area contributed by atoms with Gasteiger partial charge in [0, 0.05) is 25.2 Å². The topological polar surface area (TPSA) is 60.2 Å². The summed E-state index contributed by atoms with van der Waals surface area (Å²) in [5.41, 5.74) is 1.89. The van der Waals surface area contributed by atoms with Crippen LogP contribution in [-0.4, -0.2) is 52.6 Å². The molecule has 24 heavy (non-hydrogen) atoms. The van der Waals surface area contributed by atoms with E-state index in [9.17, 15) is 4.79 Å². The van der Waals surface area contributed by atoms with Crippen molar-refractivity contribution in [3.05, 3.63) is 35.4 Å². The molecule has 1 aliphatic heterocycles. The Labute approximate surface area is 146 Å². The lowest BCUT2D eigenvalue weighted by Crippen LogP contribution is -2.38. The molecule has 0 spiro atoms. The predicted octanol–water partition coefficient (Wildman–Crippen LogP) is 2.42. The second-order valence-corrected chi connectivity index (χ2v) is 6.65. The van der Waals surface area contributed by atoms with E-state index in [0.717, 1.165) is 41.9 Å². The van der Waals surface area contributed by atoms with Gasteiger partial charge in [0.2, 0.25) is 5.95 Å². The maximum Gasteiger partial charge on any atom is 0.228 e. The van der Waals surface area contributed by atoms with Crippen LogP contribution in [0.25, 0.3) is 0 Å². The molecular weight excluding hydrogens is 324 g/mol. The highest BCUT2D eigenvalue weighted by Crippen LogP contribution is 2.23. The number of anilines is 1. The number of hydrogen-bond acceptors (Lipinski definition) is 6. The highest BCUT2D eigenvalue weighted by molar-refractivity contribution is 7.99. The van der Waals surface area contributed by atoms with Gasteiger partial charge in [-0.15, -0.1) is 10.2 Å². The molecule has 0 atom stereocenters. The summed E-state index contributed by atoms with van der Waals surface area (Å²) >= 11 is 1.45. The van der Waals surface area contributed by atoms with Gasteiger partial charge in [-0.3, -0.25) is 9.36 Å². The number of thioether (sulfide) groups is 1. The average molecular weight is 346 g/mol. The molecule has 0 amide bonds. The molecule has 1 saturated heterocycles. The van der Waals surface area contributed by atoms with E-state index in [1.807, 2.05) is 31.2 Å². The van der Waals surface area contributed by atoms with E-state index in [2.05, 4.69) is 26.6 Å². The molecule has 7 heteroatoms. The van der Waals surface area contributed by atoms with E-state index < -0.39 is 0 Å². The van der Waals surface area contributed by atoms with Crippen LogP contribution in [0.15, 0.2) is 29.4 Å². The molecule has 0 radical (unpaired) electrons. The number of hydrogen-bond donors (Lipinski definition) is 0. The van der Waals surface area contributed by atoms with Gasteiger partial charge >= 0.3 is 0 Å². The smallest absolute Gasteiger partial charge is 0.228 e. The van der Waals surface area contributed by atoms with E-state index in [1.54, 1.807) is 0 Å². The second kappa shape index (κ2) is 7.81. The van der Waals surface area contributed by atoms with Gasteiger partial charge < -0.3 is 9.64 Å². The Morgan fingerprint density at radius 3 is 2.58 bits per heavy atom. The Morgan fingerprint density at radius 2 is 1.92 bits per heavy atom. The van der Waals surface area contributed by atoms with Crippen LogP contribution in [0, 0.1) is 6.92 Å². The average Bonchev–Trinajstić information content (AvgIpc) is 3.04. The van der Waals surface area contributed by atoms with Crippen molar-refractivity contribution in [1.82, 2.24) is 14.8 Å². The van der Waals surface area contributed by atoms with Gasteiger partial charge in [0.1, 0.15) is 0 Å². The predicted molar refractivity (Wildman–Crippen MR) is 95.0 cm³/mol.